The number of aliphatic imine (C=N–C) groups is 1. The molecule has 0 aliphatic carbocycles. The van der Waals surface area contributed by atoms with Gasteiger partial charge in [0.1, 0.15) is 17.2 Å². The number of hydrogen-bond acceptors (Lipinski definition) is 5. The van der Waals surface area contributed by atoms with Crippen molar-refractivity contribution < 1.29 is 9.47 Å². The van der Waals surface area contributed by atoms with Gasteiger partial charge in [0.2, 0.25) is 0 Å². The number of pyridine rings is 1. The average Bonchev–Trinajstić information content (AvgIpc) is 2.81. The van der Waals surface area contributed by atoms with Crippen LogP contribution in [0.3, 0.4) is 0 Å². The second kappa shape index (κ2) is 12.2. The molecule has 6 heteroatoms. The number of hydrogen-bond donors (Lipinski definition) is 1. The minimum Gasteiger partial charge on any atom is -0.494 e. The monoisotopic (exact) mass is 430 g/mol. The normalized spacial score (nSPS) is 11.7. The maximum Gasteiger partial charge on any atom is 0.172 e. The lowest BCUT2D eigenvalue weighted by Gasteiger charge is -2.08. The van der Waals surface area contributed by atoms with Crippen molar-refractivity contribution in [2.45, 2.75) is 27.2 Å². The first-order chi connectivity index (χ1) is 15.6. The molecular formula is C26H30N4O2. The Morgan fingerprint density at radius 1 is 0.969 bits per heavy atom. The first-order valence-electron chi connectivity index (χ1n) is 10.9. The van der Waals surface area contributed by atoms with E-state index in [1.54, 1.807) is 12.4 Å². The lowest BCUT2D eigenvalue weighted by molar-refractivity contribution is 0.289. The van der Waals surface area contributed by atoms with Gasteiger partial charge in [0.05, 0.1) is 25.1 Å². The Labute approximate surface area is 190 Å². The number of hydrazone groups is 1. The summed E-state index contributed by atoms with van der Waals surface area (Å²) in [6.45, 7) is 7.69. The first kappa shape index (κ1) is 23.0. The Kier molecular flexibility index (Phi) is 8.80. The zero-order chi connectivity index (χ0) is 22.6. The van der Waals surface area contributed by atoms with Crippen molar-refractivity contribution in [2.75, 3.05) is 13.2 Å². The summed E-state index contributed by atoms with van der Waals surface area (Å²) < 4.78 is 11.3. The summed E-state index contributed by atoms with van der Waals surface area (Å²) in [5.74, 6) is 2.86. The Balaban J connectivity index is 1.68. The van der Waals surface area contributed by atoms with Crippen LogP contribution in [0.2, 0.25) is 0 Å². The van der Waals surface area contributed by atoms with E-state index in [2.05, 4.69) is 34.4 Å². The van der Waals surface area contributed by atoms with Crippen molar-refractivity contribution in [2.24, 2.45) is 16.0 Å². The van der Waals surface area contributed by atoms with Crippen molar-refractivity contribution in [3.63, 3.8) is 0 Å². The molecule has 0 unspecified atom stereocenters. The van der Waals surface area contributed by atoms with E-state index >= 15 is 0 Å². The van der Waals surface area contributed by atoms with Crippen molar-refractivity contribution in [1.29, 1.82) is 0 Å². The Morgan fingerprint density at radius 3 is 2.34 bits per heavy atom. The molecule has 1 aromatic heterocycles. The second-order valence-corrected chi connectivity index (χ2v) is 7.57. The van der Waals surface area contributed by atoms with Gasteiger partial charge in [0, 0.05) is 6.20 Å². The van der Waals surface area contributed by atoms with Crippen LogP contribution in [0.5, 0.6) is 11.5 Å². The fraction of sp³-hybridized carbons (Fsp3) is 0.269. The summed E-state index contributed by atoms with van der Waals surface area (Å²) in [6, 6.07) is 21.1. The summed E-state index contributed by atoms with van der Waals surface area (Å²) in [7, 11) is 0. The fourth-order valence-electron chi connectivity index (χ4n) is 2.79. The van der Waals surface area contributed by atoms with Crippen LogP contribution in [-0.2, 0) is 0 Å². The molecule has 0 atom stereocenters. The lowest BCUT2D eigenvalue weighted by Crippen LogP contribution is -2.20. The molecule has 0 saturated heterocycles. The average molecular weight is 431 g/mol. The molecule has 1 N–H and O–H groups in total. The molecule has 0 amide bonds. The summed E-state index contributed by atoms with van der Waals surface area (Å²) in [4.78, 5) is 9.07. The molecule has 0 aliphatic rings. The largest absolute Gasteiger partial charge is 0.494 e. The van der Waals surface area contributed by atoms with E-state index in [0.717, 1.165) is 35.8 Å². The minimum absolute atomic E-state index is 0.555. The number of amidine groups is 1. The van der Waals surface area contributed by atoms with Crippen LogP contribution >= 0.6 is 0 Å². The number of rotatable bonds is 10. The van der Waals surface area contributed by atoms with Crippen molar-refractivity contribution >= 4 is 17.7 Å². The molecule has 0 radical (unpaired) electrons. The van der Waals surface area contributed by atoms with Gasteiger partial charge in [0.25, 0.3) is 0 Å². The zero-order valence-electron chi connectivity index (χ0n) is 18.9. The Bertz CT molecular complexity index is 998. The standard InChI is InChI=1S/C26H30N4O2/c1-4-31-23-14-10-22(11-15-23)29-26(25-7-5-6-17-27-25)30-28-19-21-8-12-24(13-9-21)32-18-16-20(2)3/h5-15,17,19-20H,4,16,18H2,1-3H3,(H,29,30). The third kappa shape index (κ3) is 7.54. The van der Waals surface area contributed by atoms with E-state index in [4.69, 9.17) is 9.47 Å². The van der Waals surface area contributed by atoms with E-state index in [1.807, 2.05) is 73.7 Å². The molecule has 166 valence electrons. The van der Waals surface area contributed by atoms with E-state index in [9.17, 15) is 0 Å². The van der Waals surface area contributed by atoms with Gasteiger partial charge in [0.15, 0.2) is 5.84 Å². The maximum absolute atomic E-state index is 5.77. The zero-order valence-corrected chi connectivity index (χ0v) is 18.9. The molecule has 0 fully saturated rings. The number of ether oxygens (including phenoxy) is 2. The molecule has 6 nitrogen and oxygen atoms in total. The van der Waals surface area contributed by atoms with Crippen LogP contribution in [0.4, 0.5) is 5.69 Å². The Morgan fingerprint density at radius 2 is 1.69 bits per heavy atom. The number of nitrogens with one attached hydrogen (secondary N) is 1. The highest BCUT2D eigenvalue weighted by Crippen LogP contribution is 2.19. The number of nitrogens with zero attached hydrogens (tertiary/aromatic N) is 3. The summed E-state index contributed by atoms with van der Waals surface area (Å²) in [6.07, 6.45) is 4.51. The first-order valence-corrected chi connectivity index (χ1v) is 10.9. The molecule has 2 aromatic carbocycles. The van der Waals surface area contributed by atoms with Gasteiger partial charge in [-0.15, -0.1) is 0 Å². The molecule has 0 bridgehead atoms. The van der Waals surface area contributed by atoms with Crippen molar-refractivity contribution in [3.8, 4) is 11.5 Å². The van der Waals surface area contributed by atoms with Gasteiger partial charge >= 0.3 is 0 Å². The smallest absolute Gasteiger partial charge is 0.172 e. The summed E-state index contributed by atoms with van der Waals surface area (Å²) in [5, 5.41) is 4.37. The van der Waals surface area contributed by atoms with Gasteiger partial charge in [-0.2, -0.15) is 5.10 Å². The van der Waals surface area contributed by atoms with Gasteiger partial charge in [-0.05, 0) is 85.5 Å². The topological polar surface area (TPSA) is 68.1 Å². The summed E-state index contributed by atoms with van der Waals surface area (Å²) in [5.41, 5.74) is 5.46. The minimum atomic E-state index is 0.555. The van der Waals surface area contributed by atoms with Crippen molar-refractivity contribution in [1.82, 2.24) is 10.4 Å². The molecule has 0 spiro atoms. The van der Waals surface area contributed by atoms with Crippen LogP contribution in [0, 0.1) is 5.92 Å². The van der Waals surface area contributed by atoms with Crippen LogP contribution in [0.25, 0.3) is 0 Å². The molecule has 0 saturated carbocycles. The Hall–Kier alpha value is -3.67. The predicted octanol–water partition coefficient (Wildman–Crippen LogP) is 5.61. The van der Waals surface area contributed by atoms with Crippen molar-refractivity contribution in [3.05, 3.63) is 84.2 Å². The third-order valence-electron chi connectivity index (χ3n) is 4.52. The van der Waals surface area contributed by atoms with Gasteiger partial charge in [-0.1, -0.05) is 19.9 Å². The van der Waals surface area contributed by atoms with E-state index in [-0.39, 0.29) is 0 Å². The molecule has 3 rings (SSSR count). The van der Waals surface area contributed by atoms with Gasteiger partial charge in [-0.3, -0.25) is 10.4 Å². The van der Waals surface area contributed by atoms with Crippen LogP contribution < -0.4 is 14.9 Å². The molecule has 0 aliphatic heterocycles. The highest BCUT2D eigenvalue weighted by molar-refractivity contribution is 5.99. The highest BCUT2D eigenvalue weighted by Gasteiger charge is 2.04. The third-order valence-corrected chi connectivity index (χ3v) is 4.52. The molecule has 32 heavy (non-hydrogen) atoms. The van der Waals surface area contributed by atoms with Crippen LogP contribution in [-0.4, -0.2) is 30.2 Å². The van der Waals surface area contributed by atoms with E-state index in [0.29, 0.717) is 24.1 Å². The van der Waals surface area contributed by atoms with E-state index < -0.39 is 0 Å². The quantitative estimate of drug-likeness (QED) is 0.258. The van der Waals surface area contributed by atoms with Crippen LogP contribution in [0.1, 0.15) is 38.4 Å². The van der Waals surface area contributed by atoms with E-state index in [1.165, 1.54) is 0 Å². The highest BCUT2D eigenvalue weighted by atomic mass is 16.5. The molecule has 3 aromatic rings. The maximum atomic E-state index is 5.77. The molecular weight excluding hydrogens is 400 g/mol. The SMILES string of the molecule is CCOc1ccc(N=C(NN=Cc2ccc(OCCC(C)C)cc2)c2ccccn2)cc1. The van der Waals surface area contributed by atoms with Gasteiger partial charge < -0.3 is 9.47 Å². The number of benzene rings is 2. The number of aromatic nitrogens is 1. The lowest BCUT2D eigenvalue weighted by atomic mass is 10.1. The van der Waals surface area contributed by atoms with Crippen LogP contribution in [0.15, 0.2) is 83.0 Å². The second-order valence-electron chi connectivity index (χ2n) is 7.57. The fourth-order valence-corrected chi connectivity index (χ4v) is 2.79. The summed E-state index contributed by atoms with van der Waals surface area (Å²) >= 11 is 0. The van der Waals surface area contributed by atoms with Gasteiger partial charge in [-0.25, -0.2) is 4.99 Å². The predicted molar refractivity (Wildman–Crippen MR) is 130 cm³/mol. The molecule has 1 heterocycles.